The maximum Gasteiger partial charge on any atom is 0.282 e. The second-order valence-corrected chi connectivity index (χ2v) is 7.70. The SMILES string of the molecule is CCOc1ccc(NC2=C(c3ccc(F)cc3)C(=O)N(c3cccc(N(C)C)c3)C2=O)cc1. The largest absolute Gasteiger partial charge is 0.494 e. The Balaban J connectivity index is 1.76. The molecule has 0 saturated heterocycles. The van der Waals surface area contributed by atoms with Crippen LogP contribution in [0, 0.1) is 5.82 Å². The first-order valence-corrected chi connectivity index (χ1v) is 10.6. The summed E-state index contributed by atoms with van der Waals surface area (Å²) in [5.41, 5.74) is 2.70. The van der Waals surface area contributed by atoms with Crippen molar-refractivity contribution in [1.29, 1.82) is 0 Å². The van der Waals surface area contributed by atoms with E-state index < -0.39 is 17.6 Å². The van der Waals surface area contributed by atoms with Crippen LogP contribution in [0.1, 0.15) is 12.5 Å². The average Bonchev–Trinajstić information content (AvgIpc) is 3.05. The van der Waals surface area contributed by atoms with Gasteiger partial charge in [-0.2, -0.15) is 0 Å². The van der Waals surface area contributed by atoms with Crippen molar-refractivity contribution in [3.63, 3.8) is 0 Å². The molecule has 1 heterocycles. The zero-order valence-corrected chi connectivity index (χ0v) is 18.6. The van der Waals surface area contributed by atoms with Crippen molar-refractivity contribution in [3.05, 3.63) is 89.9 Å². The Labute approximate surface area is 191 Å². The Morgan fingerprint density at radius 2 is 1.64 bits per heavy atom. The summed E-state index contributed by atoms with van der Waals surface area (Å²) in [5.74, 6) is -0.681. The third-order valence-electron chi connectivity index (χ3n) is 5.26. The molecule has 1 N–H and O–H groups in total. The van der Waals surface area contributed by atoms with Gasteiger partial charge in [0.15, 0.2) is 0 Å². The van der Waals surface area contributed by atoms with E-state index in [-0.39, 0.29) is 11.3 Å². The Morgan fingerprint density at radius 3 is 2.27 bits per heavy atom. The number of carbonyl (C=O) groups excluding carboxylic acids is 2. The van der Waals surface area contributed by atoms with Crippen molar-refractivity contribution in [1.82, 2.24) is 0 Å². The number of benzene rings is 3. The number of hydrogen-bond acceptors (Lipinski definition) is 5. The van der Waals surface area contributed by atoms with Gasteiger partial charge in [-0.3, -0.25) is 9.59 Å². The molecular weight excluding hydrogens is 421 g/mol. The molecule has 6 nitrogen and oxygen atoms in total. The molecule has 7 heteroatoms. The molecule has 1 aliphatic heterocycles. The van der Waals surface area contributed by atoms with Crippen LogP contribution in [-0.2, 0) is 9.59 Å². The highest BCUT2D eigenvalue weighted by molar-refractivity contribution is 6.46. The number of anilines is 3. The fraction of sp³-hybridized carbons (Fsp3) is 0.154. The van der Waals surface area contributed by atoms with Gasteiger partial charge in [0, 0.05) is 25.5 Å². The summed E-state index contributed by atoms with van der Waals surface area (Å²) >= 11 is 0. The number of hydrogen-bond donors (Lipinski definition) is 1. The monoisotopic (exact) mass is 445 g/mol. The molecule has 0 radical (unpaired) electrons. The molecule has 0 bridgehead atoms. The lowest BCUT2D eigenvalue weighted by atomic mass is 10.0. The zero-order valence-electron chi connectivity index (χ0n) is 18.6. The van der Waals surface area contributed by atoms with E-state index >= 15 is 0 Å². The van der Waals surface area contributed by atoms with E-state index in [2.05, 4.69) is 5.32 Å². The molecular formula is C26H24FN3O3. The van der Waals surface area contributed by atoms with Gasteiger partial charge in [-0.25, -0.2) is 9.29 Å². The molecule has 3 aromatic rings. The number of imide groups is 1. The van der Waals surface area contributed by atoms with Crippen LogP contribution in [0.15, 0.2) is 78.5 Å². The summed E-state index contributed by atoms with van der Waals surface area (Å²) in [4.78, 5) is 30.0. The minimum Gasteiger partial charge on any atom is -0.494 e. The maximum atomic E-state index is 13.5. The van der Waals surface area contributed by atoms with Crippen molar-refractivity contribution >= 4 is 34.4 Å². The van der Waals surface area contributed by atoms with Gasteiger partial charge in [0.25, 0.3) is 11.8 Å². The second-order valence-electron chi connectivity index (χ2n) is 7.70. The van der Waals surface area contributed by atoms with Crippen molar-refractivity contribution < 1.29 is 18.7 Å². The van der Waals surface area contributed by atoms with E-state index in [1.807, 2.05) is 32.0 Å². The highest BCUT2D eigenvalue weighted by Crippen LogP contribution is 2.35. The number of nitrogens with one attached hydrogen (secondary N) is 1. The Kier molecular flexibility index (Phi) is 6.13. The van der Waals surface area contributed by atoms with Gasteiger partial charge in [-0.05, 0) is 67.1 Å². The molecule has 0 aromatic heterocycles. The number of ether oxygens (including phenoxy) is 1. The number of carbonyl (C=O) groups is 2. The van der Waals surface area contributed by atoms with Crippen LogP contribution >= 0.6 is 0 Å². The molecule has 0 unspecified atom stereocenters. The van der Waals surface area contributed by atoms with Gasteiger partial charge in [0.05, 0.1) is 17.9 Å². The maximum absolute atomic E-state index is 13.5. The Morgan fingerprint density at radius 1 is 0.939 bits per heavy atom. The quantitative estimate of drug-likeness (QED) is 0.535. The van der Waals surface area contributed by atoms with Crippen molar-refractivity contribution in [3.8, 4) is 5.75 Å². The third-order valence-corrected chi connectivity index (χ3v) is 5.26. The first kappa shape index (κ1) is 22.1. The van der Waals surface area contributed by atoms with E-state index in [0.29, 0.717) is 29.3 Å². The van der Waals surface area contributed by atoms with Crippen LogP contribution in [0.25, 0.3) is 5.57 Å². The summed E-state index contributed by atoms with van der Waals surface area (Å²) in [6, 6.07) is 19.8. The summed E-state index contributed by atoms with van der Waals surface area (Å²) in [6.45, 7) is 2.44. The second kappa shape index (κ2) is 9.16. The Hall–Kier alpha value is -4.13. The van der Waals surface area contributed by atoms with E-state index in [9.17, 15) is 14.0 Å². The lowest BCUT2D eigenvalue weighted by Gasteiger charge is -2.19. The number of rotatable bonds is 7. The standard InChI is InChI=1S/C26H24FN3O3/c1-4-33-22-14-12-19(13-15-22)28-24-23(17-8-10-18(27)11-9-17)25(31)30(26(24)32)21-7-5-6-20(16-21)29(2)3/h5-16,28H,4H2,1-3H3. The first-order valence-electron chi connectivity index (χ1n) is 10.6. The van der Waals surface area contributed by atoms with Crippen LogP contribution in [-0.4, -0.2) is 32.5 Å². The third kappa shape index (κ3) is 4.43. The molecule has 3 aromatic carbocycles. The molecule has 1 aliphatic rings. The van der Waals surface area contributed by atoms with Gasteiger partial charge in [0.2, 0.25) is 0 Å². The van der Waals surface area contributed by atoms with Crippen LogP contribution < -0.4 is 19.9 Å². The van der Waals surface area contributed by atoms with Crippen molar-refractivity contribution in [2.75, 3.05) is 35.8 Å². The number of nitrogens with zero attached hydrogens (tertiary/aromatic N) is 2. The molecule has 0 atom stereocenters. The topological polar surface area (TPSA) is 61.9 Å². The first-order chi connectivity index (χ1) is 15.9. The lowest BCUT2D eigenvalue weighted by Crippen LogP contribution is -2.32. The average molecular weight is 445 g/mol. The molecule has 168 valence electrons. The summed E-state index contributed by atoms with van der Waals surface area (Å²) in [5, 5.41) is 3.10. The molecule has 4 rings (SSSR count). The molecule has 0 aliphatic carbocycles. The van der Waals surface area contributed by atoms with Gasteiger partial charge in [0.1, 0.15) is 17.3 Å². The summed E-state index contributed by atoms with van der Waals surface area (Å²) in [7, 11) is 3.77. The minimum atomic E-state index is -0.482. The van der Waals surface area contributed by atoms with E-state index in [4.69, 9.17) is 4.74 Å². The highest BCUT2D eigenvalue weighted by atomic mass is 19.1. The molecule has 0 saturated carbocycles. The summed E-state index contributed by atoms with van der Waals surface area (Å²) < 4.78 is 19.0. The highest BCUT2D eigenvalue weighted by Gasteiger charge is 2.40. The van der Waals surface area contributed by atoms with Crippen molar-refractivity contribution in [2.24, 2.45) is 0 Å². The smallest absolute Gasteiger partial charge is 0.282 e. The molecule has 33 heavy (non-hydrogen) atoms. The fourth-order valence-corrected chi connectivity index (χ4v) is 3.62. The summed E-state index contributed by atoms with van der Waals surface area (Å²) in [6.07, 6.45) is 0. The van der Waals surface area contributed by atoms with E-state index in [1.165, 1.54) is 24.3 Å². The predicted octanol–water partition coefficient (Wildman–Crippen LogP) is 4.69. The van der Waals surface area contributed by atoms with Crippen LogP contribution in [0.5, 0.6) is 5.75 Å². The van der Waals surface area contributed by atoms with E-state index in [1.54, 1.807) is 42.5 Å². The molecule has 2 amide bonds. The van der Waals surface area contributed by atoms with Crippen LogP contribution in [0.2, 0.25) is 0 Å². The van der Waals surface area contributed by atoms with Gasteiger partial charge in [-0.15, -0.1) is 0 Å². The van der Waals surface area contributed by atoms with Crippen LogP contribution in [0.3, 0.4) is 0 Å². The van der Waals surface area contributed by atoms with Gasteiger partial charge in [-0.1, -0.05) is 18.2 Å². The van der Waals surface area contributed by atoms with E-state index in [0.717, 1.165) is 10.6 Å². The normalized spacial score (nSPS) is 13.5. The minimum absolute atomic E-state index is 0.131. The molecule has 0 fully saturated rings. The number of halogens is 1. The number of amides is 2. The molecule has 0 spiro atoms. The predicted molar refractivity (Wildman–Crippen MR) is 128 cm³/mol. The van der Waals surface area contributed by atoms with Crippen molar-refractivity contribution in [2.45, 2.75) is 6.92 Å². The van der Waals surface area contributed by atoms with Gasteiger partial charge >= 0.3 is 0 Å². The van der Waals surface area contributed by atoms with Crippen LogP contribution in [0.4, 0.5) is 21.5 Å². The fourth-order valence-electron chi connectivity index (χ4n) is 3.62. The Bertz CT molecular complexity index is 1220. The lowest BCUT2D eigenvalue weighted by molar-refractivity contribution is -0.120. The zero-order chi connectivity index (χ0) is 23.5. The van der Waals surface area contributed by atoms with Gasteiger partial charge < -0.3 is 15.0 Å².